The Morgan fingerprint density at radius 1 is 1.22 bits per heavy atom. The van der Waals surface area contributed by atoms with E-state index in [1.165, 1.54) is 4.90 Å². The molecule has 4 heterocycles. The number of allylic oxidation sites excluding steroid dienone is 3. The fraction of sp³-hybridized carbons (Fsp3) is 0.280. The van der Waals surface area contributed by atoms with Gasteiger partial charge in [0.2, 0.25) is 11.8 Å². The number of nitrogens with one attached hydrogen (secondary N) is 2. The Morgan fingerprint density at radius 2 is 2.03 bits per heavy atom. The van der Waals surface area contributed by atoms with Gasteiger partial charge in [0.15, 0.2) is 11.5 Å². The summed E-state index contributed by atoms with van der Waals surface area (Å²) < 4.78 is 3.21. The summed E-state index contributed by atoms with van der Waals surface area (Å²) in [7, 11) is 3.42. The van der Waals surface area contributed by atoms with Crippen LogP contribution in [0.3, 0.4) is 0 Å². The SMILES string of the molecule is C=C1C=CC(c2cnn(CC(=O)N(C)C)c2)=CN1C(=N)Cc1ccc2nc(NC(=O)C3CC3)cn2n1. The number of hydrogen-bond acceptors (Lipinski definition) is 6. The van der Waals surface area contributed by atoms with E-state index >= 15 is 0 Å². The molecule has 3 aromatic rings. The van der Waals surface area contributed by atoms with Gasteiger partial charge in [-0.05, 0) is 31.1 Å². The molecule has 0 spiro atoms. The molecule has 1 aliphatic heterocycles. The standard InChI is InChI=1S/C25H27N9O2/c1-16-4-5-18(19-11-27-32(12-19)15-24(35)31(2)3)13-33(16)21(26)10-20-8-9-23-28-22(14-34(23)30-20)29-25(36)17-6-7-17/h4-5,8-9,11-14,17,26H,1,6-7,10,15H2,2-3H3,(H,29,36). The van der Waals surface area contributed by atoms with Crippen LogP contribution in [-0.4, -0.2) is 65.9 Å². The normalized spacial score (nSPS) is 15.2. The Balaban J connectivity index is 1.29. The van der Waals surface area contributed by atoms with Crippen LogP contribution in [-0.2, 0) is 22.6 Å². The highest BCUT2D eigenvalue weighted by molar-refractivity contribution is 5.93. The average Bonchev–Trinajstić information content (AvgIpc) is 3.47. The molecule has 3 aromatic heterocycles. The lowest BCUT2D eigenvalue weighted by Gasteiger charge is -2.25. The summed E-state index contributed by atoms with van der Waals surface area (Å²) in [6, 6.07) is 3.64. The van der Waals surface area contributed by atoms with E-state index in [-0.39, 0.29) is 30.7 Å². The van der Waals surface area contributed by atoms with Crippen LogP contribution < -0.4 is 5.32 Å². The Morgan fingerprint density at radius 3 is 2.78 bits per heavy atom. The zero-order valence-corrected chi connectivity index (χ0v) is 20.2. The number of carbonyl (C=O) groups is 2. The zero-order valence-electron chi connectivity index (χ0n) is 20.2. The van der Waals surface area contributed by atoms with Crippen molar-refractivity contribution in [2.45, 2.75) is 25.8 Å². The first-order valence-corrected chi connectivity index (χ1v) is 11.6. The molecule has 2 N–H and O–H groups in total. The second-order valence-corrected chi connectivity index (χ2v) is 9.13. The third-order valence-electron chi connectivity index (χ3n) is 6.01. The second kappa shape index (κ2) is 9.25. The van der Waals surface area contributed by atoms with Gasteiger partial charge in [0, 0.05) is 55.7 Å². The topological polar surface area (TPSA) is 125 Å². The van der Waals surface area contributed by atoms with Gasteiger partial charge in [-0.1, -0.05) is 12.7 Å². The number of nitrogens with zero attached hydrogens (tertiary/aromatic N) is 7. The predicted octanol–water partition coefficient (Wildman–Crippen LogP) is 2.31. The number of anilines is 1. The molecule has 2 amide bonds. The van der Waals surface area contributed by atoms with Gasteiger partial charge in [0.1, 0.15) is 12.4 Å². The molecule has 11 heteroatoms. The number of hydrogen-bond donors (Lipinski definition) is 2. The van der Waals surface area contributed by atoms with Crippen molar-refractivity contribution >= 4 is 34.7 Å². The number of fused-ring (bicyclic) bond motifs is 1. The van der Waals surface area contributed by atoms with Gasteiger partial charge in [-0.25, -0.2) is 9.50 Å². The molecular formula is C25H27N9O2. The van der Waals surface area contributed by atoms with E-state index in [1.807, 2.05) is 36.7 Å². The van der Waals surface area contributed by atoms with E-state index < -0.39 is 0 Å². The minimum Gasteiger partial charge on any atom is -0.347 e. The summed E-state index contributed by atoms with van der Waals surface area (Å²) in [5, 5.41) is 20.4. The molecule has 0 aromatic carbocycles. The van der Waals surface area contributed by atoms with E-state index in [2.05, 4.69) is 27.1 Å². The quantitative estimate of drug-likeness (QED) is 0.391. The monoisotopic (exact) mass is 485 g/mol. The molecule has 5 rings (SSSR count). The summed E-state index contributed by atoms with van der Waals surface area (Å²) in [4.78, 5) is 31.6. The van der Waals surface area contributed by atoms with Crippen LogP contribution in [0.25, 0.3) is 11.2 Å². The van der Waals surface area contributed by atoms with Crippen molar-refractivity contribution in [1.29, 1.82) is 5.41 Å². The Hall–Kier alpha value is -4.54. The number of imidazole rings is 1. The lowest BCUT2D eigenvalue weighted by Crippen LogP contribution is -2.27. The van der Waals surface area contributed by atoms with Gasteiger partial charge < -0.3 is 15.1 Å². The van der Waals surface area contributed by atoms with Crippen molar-refractivity contribution in [3.63, 3.8) is 0 Å². The van der Waals surface area contributed by atoms with Gasteiger partial charge in [-0.2, -0.15) is 10.2 Å². The Labute approximate surface area is 207 Å². The molecule has 184 valence electrons. The highest BCUT2D eigenvalue weighted by Crippen LogP contribution is 2.30. The molecule has 1 fully saturated rings. The van der Waals surface area contributed by atoms with Crippen LogP contribution in [0.5, 0.6) is 0 Å². The van der Waals surface area contributed by atoms with E-state index in [1.54, 1.807) is 40.6 Å². The van der Waals surface area contributed by atoms with Crippen LogP contribution in [0.15, 0.2) is 61.4 Å². The molecule has 0 saturated heterocycles. The van der Waals surface area contributed by atoms with Crippen LogP contribution in [0.2, 0.25) is 0 Å². The average molecular weight is 486 g/mol. The molecule has 1 saturated carbocycles. The molecule has 0 bridgehead atoms. The highest BCUT2D eigenvalue weighted by atomic mass is 16.2. The van der Waals surface area contributed by atoms with Crippen molar-refractivity contribution < 1.29 is 9.59 Å². The summed E-state index contributed by atoms with van der Waals surface area (Å²) in [6.45, 7) is 4.21. The third kappa shape index (κ3) is 4.95. The largest absolute Gasteiger partial charge is 0.347 e. The molecule has 36 heavy (non-hydrogen) atoms. The number of carbonyl (C=O) groups excluding carboxylic acids is 2. The minimum absolute atomic E-state index is 0.00509. The fourth-order valence-electron chi connectivity index (χ4n) is 3.74. The van der Waals surface area contributed by atoms with Crippen LogP contribution >= 0.6 is 0 Å². The Kier molecular flexibility index (Phi) is 5.96. The van der Waals surface area contributed by atoms with Crippen molar-refractivity contribution in [1.82, 2.24) is 34.2 Å². The van der Waals surface area contributed by atoms with Gasteiger partial charge in [-0.3, -0.25) is 19.7 Å². The molecule has 11 nitrogen and oxygen atoms in total. The maximum absolute atomic E-state index is 12.0. The minimum atomic E-state index is -0.0469. The third-order valence-corrected chi connectivity index (χ3v) is 6.01. The number of likely N-dealkylation sites (N-methyl/N-ethyl adjacent to an activating group) is 1. The maximum atomic E-state index is 12.0. The van der Waals surface area contributed by atoms with E-state index in [0.717, 1.165) is 24.0 Å². The predicted molar refractivity (Wildman–Crippen MR) is 135 cm³/mol. The van der Waals surface area contributed by atoms with Crippen molar-refractivity contribution in [3.05, 3.63) is 72.6 Å². The summed E-state index contributed by atoms with van der Waals surface area (Å²) >= 11 is 0. The number of aromatic nitrogens is 5. The highest BCUT2D eigenvalue weighted by Gasteiger charge is 2.30. The first-order chi connectivity index (χ1) is 17.3. The molecule has 2 aliphatic rings. The number of rotatable bonds is 7. The summed E-state index contributed by atoms with van der Waals surface area (Å²) in [5.74, 6) is 0.815. The Bertz CT molecular complexity index is 1440. The van der Waals surface area contributed by atoms with E-state index in [9.17, 15) is 9.59 Å². The summed E-state index contributed by atoms with van der Waals surface area (Å²) in [6.07, 6.45) is 12.9. The first kappa shape index (κ1) is 23.2. The fourth-order valence-corrected chi connectivity index (χ4v) is 3.74. The number of amidine groups is 1. The van der Waals surface area contributed by atoms with Crippen molar-refractivity contribution in [3.8, 4) is 0 Å². The van der Waals surface area contributed by atoms with Crippen molar-refractivity contribution in [2.24, 2.45) is 5.92 Å². The number of amides is 2. The lowest BCUT2D eigenvalue weighted by atomic mass is 10.1. The van der Waals surface area contributed by atoms with Crippen molar-refractivity contribution in [2.75, 3.05) is 19.4 Å². The van der Waals surface area contributed by atoms with Gasteiger partial charge in [0.05, 0.1) is 18.1 Å². The van der Waals surface area contributed by atoms with E-state index in [0.29, 0.717) is 28.7 Å². The van der Waals surface area contributed by atoms with E-state index in [4.69, 9.17) is 5.41 Å². The molecule has 1 aliphatic carbocycles. The molecule has 0 unspecified atom stereocenters. The molecule has 0 atom stereocenters. The van der Waals surface area contributed by atoms with Gasteiger partial charge >= 0.3 is 0 Å². The lowest BCUT2D eigenvalue weighted by molar-refractivity contribution is -0.129. The zero-order chi connectivity index (χ0) is 25.4. The second-order valence-electron chi connectivity index (χ2n) is 9.13. The van der Waals surface area contributed by atoms with Crippen LogP contribution in [0.4, 0.5) is 5.82 Å². The van der Waals surface area contributed by atoms with Gasteiger partial charge in [-0.15, -0.1) is 0 Å². The van der Waals surface area contributed by atoms with Crippen LogP contribution in [0, 0.1) is 11.3 Å². The van der Waals surface area contributed by atoms with Gasteiger partial charge in [0.25, 0.3) is 0 Å². The first-order valence-electron chi connectivity index (χ1n) is 11.6. The molecule has 0 radical (unpaired) electrons. The van der Waals surface area contributed by atoms with Crippen LogP contribution in [0.1, 0.15) is 24.1 Å². The maximum Gasteiger partial charge on any atom is 0.243 e. The molecular weight excluding hydrogens is 458 g/mol. The smallest absolute Gasteiger partial charge is 0.243 e. The summed E-state index contributed by atoms with van der Waals surface area (Å²) in [5.41, 5.74) is 3.64.